The number of carbonyl (C=O) groups excluding carboxylic acids is 1. The molecule has 0 amide bonds. The van der Waals surface area contributed by atoms with Crippen LogP contribution in [0, 0.1) is 10.1 Å². The lowest BCUT2D eigenvalue weighted by atomic mass is 10.1. The van der Waals surface area contributed by atoms with Gasteiger partial charge in [0.1, 0.15) is 12.4 Å². The van der Waals surface area contributed by atoms with Crippen molar-refractivity contribution in [2.75, 3.05) is 28.1 Å². The van der Waals surface area contributed by atoms with Crippen LogP contribution in [0.15, 0.2) is 30.3 Å². The van der Waals surface area contributed by atoms with Crippen LogP contribution < -0.4 is 18.9 Å². The van der Waals surface area contributed by atoms with Gasteiger partial charge in [0.2, 0.25) is 5.75 Å². The topological polar surface area (TPSA) is 116 Å². The molecule has 0 saturated heterocycles. The number of hydrogen-bond acceptors (Lipinski definition) is 9. The normalized spacial score (nSPS) is 12.6. The molecule has 1 aliphatic rings. The average Bonchev–Trinajstić information content (AvgIpc) is 2.79. The van der Waals surface area contributed by atoms with Crippen LogP contribution >= 0.6 is 0 Å². The number of carbonyl (C=O) groups is 1. The fraction of sp³-hybridized carbons (Fsp3) is 0.286. The number of hydrogen-bond donors (Lipinski definition) is 0. The maximum Gasteiger partial charge on any atom is 0.331 e. The molecule has 31 heavy (non-hydrogen) atoms. The molecule has 2 aromatic rings. The highest BCUT2D eigenvalue weighted by atomic mass is 16.7. The summed E-state index contributed by atoms with van der Waals surface area (Å²) < 4.78 is 31.7. The van der Waals surface area contributed by atoms with Crippen molar-refractivity contribution < 1.29 is 38.1 Å². The van der Waals surface area contributed by atoms with Crippen LogP contribution in [0.4, 0.5) is 5.69 Å². The summed E-state index contributed by atoms with van der Waals surface area (Å²) >= 11 is 0. The van der Waals surface area contributed by atoms with E-state index in [9.17, 15) is 14.9 Å². The largest absolute Gasteiger partial charge is 0.493 e. The van der Waals surface area contributed by atoms with Gasteiger partial charge in [-0.15, -0.1) is 0 Å². The first-order chi connectivity index (χ1) is 15.0. The van der Waals surface area contributed by atoms with Crippen LogP contribution in [0.5, 0.6) is 23.0 Å². The quantitative estimate of drug-likeness (QED) is 0.269. The van der Waals surface area contributed by atoms with Crippen molar-refractivity contribution in [2.24, 2.45) is 0 Å². The van der Waals surface area contributed by atoms with Crippen molar-refractivity contribution in [2.45, 2.75) is 13.2 Å². The molecule has 0 spiro atoms. The molecule has 0 radical (unpaired) electrons. The lowest BCUT2D eigenvalue weighted by molar-refractivity contribution is -0.385. The van der Waals surface area contributed by atoms with E-state index in [-0.39, 0.29) is 25.7 Å². The van der Waals surface area contributed by atoms with Crippen molar-refractivity contribution in [1.82, 2.24) is 0 Å². The molecule has 0 N–H and O–H groups in total. The minimum Gasteiger partial charge on any atom is -0.493 e. The van der Waals surface area contributed by atoms with Gasteiger partial charge in [-0.1, -0.05) is 0 Å². The SMILES string of the molecule is COc1cc(C=CC(=O)OCc2cc([N+](=O)[O-])cc3c2OCOC3)cc(OC)c1OC. The van der Waals surface area contributed by atoms with Crippen molar-refractivity contribution in [3.63, 3.8) is 0 Å². The number of methoxy groups -OCH3 is 3. The predicted octanol–water partition coefficient (Wildman–Crippen LogP) is 3.24. The summed E-state index contributed by atoms with van der Waals surface area (Å²) in [6, 6.07) is 6.05. The second-order valence-corrected chi connectivity index (χ2v) is 6.36. The zero-order valence-electron chi connectivity index (χ0n) is 17.2. The van der Waals surface area contributed by atoms with Gasteiger partial charge in [-0.3, -0.25) is 10.1 Å². The lowest BCUT2D eigenvalue weighted by Gasteiger charge is -2.20. The molecular formula is C21H21NO9. The van der Waals surface area contributed by atoms with Crippen molar-refractivity contribution in [3.05, 3.63) is 57.1 Å². The number of rotatable bonds is 8. The highest BCUT2D eigenvalue weighted by Crippen LogP contribution is 2.38. The Hall–Kier alpha value is -3.79. The van der Waals surface area contributed by atoms with Crippen LogP contribution in [0.3, 0.4) is 0 Å². The first-order valence-electron chi connectivity index (χ1n) is 9.12. The summed E-state index contributed by atoms with van der Waals surface area (Å²) in [5, 5.41) is 11.2. The number of non-ortho nitro benzene ring substituents is 1. The van der Waals surface area contributed by atoms with Gasteiger partial charge in [-0.05, 0) is 23.8 Å². The maximum atomic E-state index is 12.2. The molecule has 0 bridgehead atoms. The third kappa shape index (κ3) is 5.04. The molecule has 2 aromatic carbocycles. The minimum absolute atomic E-state index is 0.0206. The molecule has 0 saturated carbocycles. The lowest BCUT2D eigenvalue weighted by Crippen LogP contribution is -2.14. The smallest absolute Gasteiger partial charge is 0.331 e. The van der Waals surface area contributed by atoms with Crippen LogP contribution in [0.25, 0.3) is 6.08 Å². The average molecular weight is 431 g/mol. The molecule has 3 rings (SSSR count). The Balaban J connectivity index is 1.74. The summed E-state index contributed by atoms with van der Waals surface area (Å²) in [5.41, 5.74) is 1.41. The van der Waals surface area contributed by atoms with Crippen molar-refractivity contribution in [3.8, 4) is 23.0 Å². The van der Waals surface area contributed by atoms with Gasteiger partial charge in [0.15, 0.2) is 18.3 Å². The summed E-state index contributed by atoms with van der Waals surface area (Å²) in [5.74, 6) is 1.11. The molecule has 1 aliphatic heterocycles. The van der Waals surface area contributed by atoms with Gasteiger partial charge in [0.25, 0.3) is 5.69 Å². The summed E-state index contributed by atoms with van der Waals surface area (Å²) in [6.07, 6.45) is 2.76. The second kappa shape index (κ2) is 9.81. The Morgan fingerprint density at radius 1 is 1.13 bits per heavy atom. The van der Waals surface area contributed by atoms with Gasteiger partial charge in [-0.2, -0.15) is 0 Å². The van der Waals surface area contributed by atoms with Crippen molar-refractivity contribution in [1.29, 1.82) is 0 Å². The van der Waals surface area contributed by atoms with E-state index in [1.54, 1.807) is 12.1 Å². The van der Waals surface area contributed by atoms with Crippen LogP contribution in [0.2, 0.25) is 0 Å². The van der Waals surface area contributed by atoms with E-state index in [1.807, 2.05) is 0 Å². The number of nitro benzene ring substituents is 1. The van der Waals surface area contributed by atoms with E-state index in [1.165, 1.54) is 45.6 Å². The van der Waals surface area contributed by atoms with E-state index >= 15 is 0 Å². The molecule has 0 aromatic heterocycles. The number of ether oxygens (including phenoxy) is 6. The van der Waals surface area contributed by atoms with E-state index in [2.05, 4.69) is 0 Å². The third-order valence-corrected chi connectivity index (χ3v) is 4.45. The first-order valence-corrected chi connectivity index (χ1v) is 9.12. The predicted molar refractivity (Wildman–Crippen MR) is 108 cm³/mol. The summed E-state index contributed by atoms with van der Waals surface area (Å²) in [6.45, 7) is 0.00817. The molecule has 0 unspecified atom stereocenters. The molecule has 0 fully saturated rings. The fourth-order valence-electron chi connectivity index (χ4n) is 3.05. The number of benzene rings is 2. The third-order valence-electron chi connectivity index (χ3n) is 4.45. The van der Waals surface area contributed by atoms with E-state index < -0.39 is 10.9 Å². The van der Waals surface area contributed by atoms with Gasteiger partial charge < -0.3 is 28.4 Å². The Morgan fingerprint density at radius 2 is 1.84 bits per heavy atom. The number of fused-ring (bicyclic) bond motifs is 1. The van der Waals surface area contributed by atoms with Gasteiger partial charge in [-0.25, -0.2) is 4.79 Å². The maximum absolute atomic E-state index is 12.2. The standard InChI is InChI=1S/C21H21NO9/c1-26-17-6-13(7-18(27-2)21(17)28-3)4-5-19(23)30-11-15-9-16(22(24)25)8-14-10-29-12-31-20(14)15/h4-9H,10-12H2,1-3H3. The fourth-order valence-corrected chi connectivity index (χ4v) is 3.05. The number of nitrogens with zero attached hydrogens (tertiary/aromatic N) is 1. The zero-order valence-corrected chi connectivity index (χ0v) is 17.2. The van der Waals surface area contributed by atoms with Crippen LogP contribution in [0.1, 0.15) is 16.7 Å². The Morgan fingerprint density at radius 3 is 2.45 bits per heavy atom. The molecule has 1 heterocycles. The Labute approximate surface area is 178 Å². The van der Waals surface area contributed by atoms with Gasteiger partial charge in [0.05, 0.1) is 32.9 Å². The molecular weight excluding hydrogens is 410 g/mol. The first kappa shape index (κ1) is 21.9. The molecule has 0 aliphatic carbocycles. The van der Waals surface area contributed by atoms with Gasteiger partial charge in [0, 0.05) is 29.3 Å². The van der Waals surface area contributed by atoms with Crippen molar-refractivity contribution >= 4 is 17.7 Å². The van der Waals surface area contributed by atoms with E-state index in [0.717, 1.165) is 0 Å². The number of nitro groups is 1. The van der Waals surface area contributed by atoms with E-state index in [4.69, 9.17) is 28.4 Å². The highest BCUT2D eigenvalue weighted by Gasteiger charge is 2.21. The highest BCUT2D eigenvalue weighted by molar-refractivity contribution is 5.87. The van der Waals surface area contributed by atoms with E-state index in [0.29, 0.717) is 39.7 Å². The number of esters is 1. The molecule has 10 nitrogen and oxygen atoms in total. The zero-order chi connectivity index (χ0) is 22.4. The molecule has 0 atom stereocenters. The minimum atomic E-state index is -0.638. The second-order valence-electron chi connectivity index (χ2n) is 6.36. The van der Waals surface area contributed by atoms with Crippen LogP contribution in [-0.4, -0.2) is 39.0 Å². The molecule has 164 valence electrons. The molecule has 10 heteroatoms. The summed E-state index contributed by atoms with van der Waals surface area (Å²) in [4.78, 5) is 22.9. The van der Waals surface area contributed by atoms with Gasteiger partial charge >= 0.3 is 5.97 Å². The Kier molecular flexibility index (Phi) is 6.93. The summed E-state index contributed by atoms with van der Waals surface area (Å²) in [7, 11) is 4.48. The monoisotopic (exact) mass is 431 g/mol. The van der Waals surface area contributed by atoms with Crippen LogP contribution in [-0.2, 0) is 27.5 Å². The Bertz CT molecular complexity index is 991.